The standard InChI is InChI=1S/C13H16ClN3O/c1-8-3-2-4-11(15-8)17(14)13(18)12-9-5-6-10(7-9)16-12/h2-4,9-10,12,16H,5-7H2,1H3/t9-,10+,12-/m0/s1. The van der Waals surface area contributed by atoms with Crippen molar-refractivity contribution in [2.45, 2.75) is 38.3 Å². The highest BCUT2D eigenvalue weighted by Gasteiger charge is 2.44. The van der Waals surface area contributed by atoms with Crippen molar-refractivity contribution < 1.29 is 4.79 Å². The van der Waals surface area contributed by atoms with Gasteiger partial charge < -0.3 is 5.32 Å². The second-order valence-electron chi connectivity index (χ2n) is 5.17. The van der Waals surface area contributed by atoms with Gasteiger partial charge in [-0.3, -0.25) is 4.79 Å². The molecule has 0 aromatic carbocycles. The number of aromatic nitrogens is 1. The minimum Gasteiger partial charge on any atom is -0.303 e. The van der Waals surface area contributed by atoms with Crippen molar-refractivity contribution in [1.29, 1.82) is 0 Å². The van der Waals surface area contributed by atoms with Crippen LogP contribution in [0.15, 0.2) is 18.2 Å². The van der Waals surface area contributed by atoms with Gasteiger partial charge in [0.15, 0.2) is 5.82 Å². The Labute approximate surface area is 111 Å². The van der Waals surface area contributed by atoms with E-state index in [2.05, 4.69) is 10.3 Å². The molecule has 0 spiro atoms. The van der Waals surface area contributed by atoms with Crippen LogP contribution in [0, 0.1) is 12.8 Å². The third kappa shape index (κ3) is 1.99. The van der Waals surface area contributed by atoms with Crippen molar-refractivity contribution in [2.24, 2.45) is 5.92 Å². The van der Waals surface area contributed by atoms with Gasteiger partial charge in [-0.1, -0.05) is 6.07 Å². The van der Waals surface area contributed by atoms with E-state index in [0.717, 1.165) is 23.0 Å². The van der Waals surface area contributed by atoms with Crippen LogP contribution in [0.4, 0.5) is 5.82 Å². The van der Waals surface area contributed by atoms with Gasteiger partial charge in [-0.2, -0.15) is 0 Å². The number of halogens is 1. The molecule has 1 saturated heterocycles. The molecule has 1 saturated carbocycles. The van der Waals surface area contributed by atoms with Crippen molar-refractivity contribution in [3.05, 3.63) is 23.9 Å². The van der Waals surface area contributed by atoms with Crippen molar-refractivity contribution in [3.8, 4) is 0 Å². The van der Waals surface area contributed by atoms with Gasteiger partial charge in [-0.25, -0.2) is 9.40 Å². The number of piperidine rings is 1. The summed E-state index contributed by atoms with van der Waals surface area (Å²) in [6.07, 6.45) is 3.40. The predicted octanol–water partition coefficient (Wildman–Crippen LogP) is 2.02. The zero-order valence-electron chi connectivity index (χ0n) is 10.3. The Hall–Kier alpha value is -1.13. The Morgan fingerprint density at radius 3 is 2.94 bits per heavy atom. The molecule has 2 aliphatic rings. The summed E-state index contributed by atoms with van der Waals surface area (Å²) in [6, 6.07) is 5.86. The number of pyridine rings is 1. The van der Waals surface area contributed by atoms with E-state index in [4.69, 9.17) is 11.8 Å². The van der Waals surface area contributed by atoms with Gasteiger partial charge in [-0.15, -0.1) is 0 Å². The number of nitrogens with zero attached hydrogens (tertiary/aromatic N) is 2. The van der Waals surface area contributed by atoms with Crippen LogP contribution in [0.3, 0.4) is 0 Å². The molecule has 2 bridgehead atoms. The van der Waals surface area contributed by atoms with E-state index in [1.54, 1.807) is 6.07 Å². The molecule has 1 aliphatic carbocycles. The normalized spacial score (nSPS) is 29.6. The highest BCUT2D eigenvalue weighted by molar-refractivity contribution is 6.37. The van der Waals surface area contributed by atoms with Gasteiger partial charge in [0.2, 0.25) is 0 Å². The van der Waals surface area contributed by atoms with E-state index in [9.17, 15) is 4.79 Å². The average Bonchev–Trinajstić information content (AvgIpc) is 2.99. The maximum atomic E-state index is 12.3. The van der Waals surface area contributed by atoms with Crippen molar-refractivity contribution in [3.63, 3.8) is 0 Å². The molecule has 1 aromatic rings. The summed E-state index contributed by atoms with van der Waals surface area (Å²) in [5.41, 5.74) is 0.854. The summed E-state index contributed by atoms with van der Waals surface area (Å²) in [4.78, 5) is 16.6. The summed E-state index contributed by atoms with van der Waals surface area (Å²) < 4.78 is 1.16. The number of amides is 1. The number of fused-ring (bicyclic) bond motifs is 2. The quantitative estimate of drug-likeness (QED) is 0.832. The van der Waals surface area contributed by atoms with Gasteiger partial charge in [-0.05, 0) is 44.2 Å². The lowest BCUT2D eigenvalue weighted by molar-refractivity contribution is -0.120. The Balaban J connectivity index is 1.76. The van der Waals surface area contributed by atoms with Gasteiger partial charge >= 0.3 is 0 Å². The second-order valence-corrected chi connectivity index (χ2v) is 5.51. The highest BCUT2D eigenvalue weighted by Crippen LogP contribution is 2.36. The smallest absolute Gasteiger partial charge is 0.260 e. The van der Waals surface area contributed by atoms with Crippen LogP contribution in [0.5, 0.6) is 0 Å². The van der Waals surface area contributed by atoms with E-state index in [1.807, 2.05) is 19.1 Å². The molecule has 5 heteroatoms. The van der Waals surface area contributed by atoms with Crippen LogP contribution in [0.25, 0.3) is 0 Å². The molecule has 4 nitrogen and oxygen atoms in total. The summed E-state index contributed by atoms with van der Waals surface area (Å²) in [5, 5.41) is 3.35. The van der Waals surface area contributed by atoms with E-state index >= 15 is 0 Å². The van der Waals surface area contributed by atoms with Crippen LogP contribution in [0.1, 0.15) is 25.0 Å². The molecule has 1 aliphatic heterocycles. The molecule has 3 atom stereocenters. The lowest BCUT2D eigenvalue weighted by Crippen LogP contribution is -2.47. The fourth-order valence-corrected chi connectivity index (χ4v) is 3.21. The van der Waals surface area contributed by atoms with E-state index < -0.39 is 0 Å². The minimum absolute atomic E-state index is 0.0815. The maximum Gasteiger partial charge on any atom is 0.260 e. The van der Waals surface area contributed by atoms with Gasteiger partial charge in [0.25, 0.3) is 5.91 Å². The largest absolute Gasteiger partial charge is 0.303 e. The van der Waals surface area contributed by atoms with Gasteiger partial charge in [0.05, 0.1) is 6.04 Å². The molecule has 0 radical (unpaired) electrons. The lowest BCUT2D eigenvalue weighted by atomic mass is 9.99. The summed E-state index contributed by atoms with van der Waals surface area (Å²) in [5.74, 6) is 0.863. The second kappa shape index (κ2) is 4.52. The van der Waals surface area contributed by atoms with E-state index in [-0.39, 0.29) is 11.9 Å². The van der Waals surface area contributed by atoms with Crippen LogP contribution in [-0.2, 0) is 4.79 Å². The average molecular weight is 266 g/mol. The topological polar surface area (TPSA) is 45.2 Å². The molecule has 1 amide bonds. The first-order chi connectivity index (χ1) is 8.65. The van der Waals surface area contributed by atoms with Crippen molar-refractivity contribution >= 4 is 23.5 Å². The highest BCUT2D eigenvalue weighted by atomic mass is 35.5. The maximum absolute atomic E-state index is 12.3. The fourth-order valence-electron chi connectivity index (χ4n) is 3.01. The Bertz CT molecular complexity index is 479. The summed E-state index contributed by atoms with van der Waals surface area (Å²) in [7, 11) is 0. The van der Waals surface area contributed by atoms with Crippen LogP contribution >= 0.6 is 11.8 Å². The number of carbonyl (C=O) groups is 1. The van der Waals surface area contributed by atoms with Crippen LogP contribution in [0.2, 0.25) is 0 Å². The van der Waals surface area contributed by atoms with Crippen LogP contribution in [-0.4, -0.2) is 23.0 Å². The monoisotopic (exact) mass is 265 g/mol. The predicted molar refractivity (Wildman–Crippen MR) is 70.4 cm³/mol. The van der Waals surface area contributed by atoms with Gasteiger partial charge in [0, 0.05) is 23.5 Å². The number of hydrogen-bond acceptors (Lipinski definition) is 3. The first-order valence-electron chi connectivity index (χ1n) is 6.34. The Morgan fingerprint density at radius 1 is 1.50 bits per heavy atom. The first-order valence-corrected chi connectivity index (χ1v) is 6.68. The van der Waals surface area contributed by atoms with Gasteiger partial charge in [0.1, 0.15) is 0 Å². The zero-order chi connectivity index (χ0) is 12.7. The molecule has 18 heavy (non-hydrogen) atoms. The number of aryl methyl sites for hydroxylation is 1. The lowest BCUT2D eigenvalue weighted by Gasteiger charge is -2.25. The molecule has 3 rings (SSSR count). The molecule has 0 unspecified atom stereocenters. The minimum atomic E-state index is -0.136. The number of carbonyl (C=O) groups excluding carboxylic acids is 1. The SMILES string of the molecule is Cc1cccc(N(Cl)C(=O)[C@H]2N[C@@H]3CC[C@H]2C3)n1. The number of anilines is 1. The summed E-state index contributed by atoms with van der Waals surface area (Å²) >= 11 is 6.13. The van der Waals surface area contributed by atoms with E-state index in [1.165, 1.54) is 6.42 Å². The molecule has 1 aromatic heterocycles. The van der Waals surface area contributed by atoms with Crippen LogP contribution < -0.4 is 9.74 Å². The number of rotatable bonds is 2. The number of hydrogen-bond donors (Lipinski definition) is 1. The van der Waals surface area contributed by atoms with Crippen molar-refractivity contribution in [2.75, 3.05) is 4.42 Å². The fraction of sp³-hybridized carbons (Fsp3) is 0.538. The molecule has 96 valence electrons. The summed E-state index contributed by atoms with van der Waals surface area (Å²) in [6.45, 7) is 1.88. The molecular formula is C13H16ClN3O. The molecule has 1 N–H and O–H groups in total. The zero-order valence-corrected chi connectivity index (χ0v) is 11.0. The number of nitrogens with one attached hydrogen (secondary N) is 1. The molecule has 2 fully saturated rings. The Kier molecular flexibility index (Phi) is 2.99. The third-order valence-corrected chi connectivity index (χ3v) is 4.23. The third-order valence-electron chi connectivity index (χ3n) is 3.89. The van der Waals surface area contributed by atoms with Crippen molar-refractivity contribution in [1.82, 2.24) is 10.3 Å². The first kappa shape index (κ1) is 11.9. The molecule has 2 heterocycles. The molecular weight excluding hydrogens is 250 g/mol. The van der Waals surface area contributed by atoms with E-state index in [0.29, 0.717) is 17.8 Å². The Morgan fingerprint density at radius 2 is 2.33 bits per heavy atom.